The van der Waals surface area contributed by atoms with Crippen molar-refractivity contribution < 1.29 is 35.1 Å². The lowest BCUT2D eigenvalue weighted by molar-refractivity contribution is 0.521. The van der Waals surface area contributed by atoms with Crippen molar-refractivity contribution in [2.45, 2.75) is 0 Å². The number of aromatic nitrogens is 8. The average Bonchev–Trinajstić information content (AvgIpc) is 3.56. The molecule has 0 aliphatic carbocycles. The van der Waals surface area contributed by atoms with E-state index in [4.69, 9.17) is 0 Å². The molecule has 12 nitrogen and oxygen atoms in total. The minimum absolute atomic E-state index is 0.0122. The number of anilines is 8. The van der Waals surface area contributed by atoms with Crippen LogP contribution in [0.2, 0.25) is 0 Å². The molecule has 0 atom stereocenters. The van der Waals surface area contributed by atoms with Crippen molar-refractivity contribution in [2.24, 2.45) is 0 Å². The topological polar surface area (TPSA) is 116 Å². The molecule has 0 unspecified atom stereocenters. The lowest BCUT2D eigenvalue weighted by Gasteiger charge is -2.31. The Morgan fingerprint density at radius 2 is 0.480 bits per heavy atom. The van der Waals surface area contributed by atoms with Gasteiger partial charge in [-0.05, 0) is 24.3 Å². The normalized spacial score (nSPS) is 13.8. The third-order valence-corrected chi connectivity index (χ3v) is 7.18. The van der Waals surface area contributed by atoms with E-state index in [1.165, 1.54) is 48.5 Å². The quantitative estimate of drug-likeness (QED) is 0.151. The Balaban J connectivity index is 1.57. The van der Waals surface area contributed by atoms with Gasteiger partial charge >= 0.3 is 0 Å². The number of hydrogen-bond donors (Lipinski definition) is 0. The zero-order chi connectivity index (χ0) is 34.8. The van der Waals surface area contributed by atoms with Crippen LogP contribution >= 0.6 is 0 Å². The molecule has 248 valence electrons. The largest absolute Gasteiger partial charge is 0.258 e. The Bertz CT molecular complexity index is 1990. The number of nitrogens with zero attached hydrogens (tertiary/aromatic N) is 12. The first-order chi connectivity index (χ1) is 24.0. The summed E-state index contributed by atoms with van der Waals surface area (Å²) in [5, 5.41) is 0. The Hall–Kier alpha value is -6.86. The van der Waals surface area contributed by atoms with E-state index in [0.717, 1.165) is 19.6 Å². The van der Waals surface area contributed by atoms with Crippen LogP contribution in [0.3, 0.4) is 0 Å². The molecule has 0 spiro atoms. The van der Waals surface area contributed by atoms with Gasteiger partial charge < -0.3 is 0 Å². The average molecular weight is 692 g/mol. The molecule has 6 heterocycles. The lowest BCUT2D eigenvalue weighted by Crippen LogP contribution is -2.36. The molecular weight excluding hydrogens is 680 g/mol. The van der Waals surface area contributed by atoms with E-state index in [0.29, 0.717) is 24.3 Å². The van der Waals surface area contributed by atoms with Crippen LogP contribution < -0.4 is 19.6 Å². The summed E-state index contributed by atoms with van der Waals surface area (Å²) in [6, 6.07) is 13.0. The molecule has 0 saturated carbocycles. The molecule has 0 fully saturated rings. The molecule has 0 N–H and O–H groups in total. The van der Waals surface area contributed by atoms with E-state index in [1.54, 1.807) is 0 Å². The first-order valence-corrected chi connectivity index (χ1v) is 14.0. The highest BCUT2D eigenvalue weighted by atomic mass is 19.2. The molecule has 2 aliphatic rings. The van der Waals surface area contributed by atoms with Gasteiger partial charge in [0, 0.05) is 24.3 Å². The van der Waals surface area contributed by atoms with Gasteiger partial charge in [0.2, 0.25) is 71.4 Å². The number of rotatable bonds is 4. The zero-order valence-corrected chi connectivity index (χ0v) is 24.3. The van der Waals surface area contributed by atoms with Crippen molar-refractivity contribution in [3.8, 4) is 0 Å². The van der Waals surface area contributed by atoms with Crippen LogP contribution in [-0.2, 0) is 0 Å². The summed E-state index contributed by atoms with van der Waals surface area (Å²) in [4.78, 5) is 33.6. The van der Waals surface area contributed by atoms with E-state index >= 15 is 0 Å². The van der Waals surface area contributed by atoms with Gasteiger partial charge in [-0.2, -0.15) is 75.0 Å². The standard InChI is InChI=1S/C30H12F8N12/c31-17-9-18(32)40-27(39-17)47-13-5-1-2-6-14(13)48(28-41-19(33)10-20(34)42-28)25(47)26-49(29-43-21(35)11-22(36)44-29)15-7-3-4-8-16(15)50(26)30-45-23(37)12-24(38)46-30/h1-12H. The SMILES string of the molecule is Fc1cc(F)nc(N2C(=C3N(c4nc(F)cc(F)n4)c4ccccc4N3c3nc(F)cc(F)n3)N(c3nc(F)cc(F)n3)c3ccccc32)n1. The van der Waals surface area contributed by atoms with Crippen molar-refractivity contribution >= 4 is 46.5 Å². The molecule has 4 aromatic heterocycles. The Labute approximate surface area is 273 Å². The van der Waals surface area contributed by atoms with E-state index in [9.17, 15) is 35.1 Å². The van der Waals surface area contributed by atoms with Crippen LogP contribution in [0.15, 0.2) is 84.4 Å². The van der Waals surface area contributed by atoms with E-state index in [2.05, 4.69) is 39.9 Å². The summed E-state index contributed by atoms with van der Waals surface area (Å²) in [6.45, 7) is 0. The van der Waals surface area contributed by atoms with Crippen LogP contribution in [0.1, 0.15) is 0 Å². The third kappa shape index (κ3) is 5.00. The van der Waals surface area contributed by atoms with Gasteiger partial charge in [0.25, 0.3) is 0 Å². The second kappa shape index (κ2) is 11.4. The van der Waals surface area contributed by atoms with E-state index < -0.39 is 83.0 Å². The molecule has 6 aromatic rings. The first-order valence-electron chi connectivity index (χ1n) is 14.0. The molecule has 0 radical (unpaired) electrons. The van der Waals surface area contributed by atoms with Crippen molar-refractivity contribution in [3.63, 3.8) is 0 Å². The number of hydrogen-bond acceptors (Lipinski definition) is 12. The van der Waals surface area contributed by atoms with Crippen LogP contribution in [0.4, 0.5) is 81.7 Å². The van der Waals surface area contributed by atoms with Crippen LogP contribution in [0.5, 0.6) is 0 Å². The van der Waals surface area contributed by atoms with Gasteiger partial charge in [0.05, 0.1) is 22.7 Å². The highest BCUT2D eigenvalue weighted by molar-refractivity contribution is 5.97. The summed E-state index contributed by atoms with van der Waals surface area (Å²) >= 11 is 0. The fourth-order valence-electron chi connectivity index (χ4n) is 5.47. The van der Waals surface area contributed by atoms with E-state index in [1.807, 2.05) is 0 Å². The summed E-state index contributed by atoms with van der Waals surface area (Å²) in [5.41, 5.74) is -0.0489. The molecule has 0 bridgehead atoms. The van der Waals surface area contributed by atoms with E-state index in [-0.39, 0.29) is 22.7 Å². The Morgan fingerprint density at radius 1 is 0.300 bits per heavy atom. The van der Waals surface area contributed by atoms with Gasteiger partial charge in [-0.15, -0.1) is 0 Å². The van der Waals surface area contributed by atoms with Crippen molar-refractivity contribution in [1.29, 1.82) is 0 Å². The first kappa shape index (κ1) is 30.5. The highest BCUT2D eigenvalue weighted by Gasteiger charge is 2.47. The number of para-hydroxylation sites is 4. The Kier molecular flexibility index (Phi) is 6.94. The molecule has 8 rings (SSSR count). The molecule has 0 amide bonds. The summed E-state index contributed by atoms with van der Waals surface area (Å²) in [6.07, 6.45) is 0. The minimum atomic E-state index is -1.35. The molecule has 0 saturated heterocycles. The monoisotopic (exact) mass is 692 g/mol. The smallest absolute Gasteiger partial charge is 0.241 e. The number of benzene rings is 2. The zero-order valence-electron chi connectivity index (χ0n) is 24.3. The third-order valence-electron chi connectivity index (χ3n) is 7.18. The predicted octanol–water partition coefficient (Wildman–Crippen LogP) is 6.37. The number of fused-ring (bicyclic) bond motifs is 2. The van der Waals surface area contributed by atoms with Crippen LogP contribution in [-0.4, -0.2) is 39.9 Å². The van der Waals surface area contributed by atoms with Crippen molar-refractivity contribution in [2.75, 3.05) is 19.6 Å². The van der Waals surface area contributed by atoms with Gasteiger partial charge in [0.1, 0.15) is 0 Å². The predicted molar refractivity (Wildman–Crippen MR) is 156 cm³/mol. The molecule has 50 heavy (non-hydrogen) atoms. The maximum atomic E-state index is 14.8. The lowest BCUT2D eigenvalue weighted by atomic mass is 10.2. The number of halogens is 8. The van der Waals surface area contributed by atoms with Crippen LogP contribution in [0.25, 0.3) is 0 Å². The van der Waals surface area contributed by atoms with Crippen molar-refractivity contribution in [3.05, 3.63) is 132 Å². The molecule has 2 aromatic carbocycles. The summed E-state index contributed by atoms with van der Waals surface area (Å²) < 4.78 is 118. The maximum Gasteiger partial charge on any atom is 0.241 e. The second-order valence-corrected chi connectivity index (χ2v) is 10.2. The molecular formula is C30H12F8N12. The van der Waals surface area contributed by atoms with Gasteiger partial charge in [0.15, 0.2) is 11.6 Å². The highest BCUT2D eigenvalue weighted by Crippen LogP contribution is 2.55. The van der Waals surface area contributed by atoms with Crippen LogP contribution in [0, 0.1) is 47.6 Å². The fourth-order valence-corrected chi connectivity index (χ4v) is 5.47. The fraction of sp³-hybridized carbons (Fsp3) is 0. The minimum Gasteiger partial charge on any atom is -0.258 e. The van der Waals surface area contributed by atoms with Gasteiger partial charge in [-0.25, -0.2) is 0 Å². The summed E-state index contributed by atoms with van der Waals surface area (Å²) in [7, 11) is 0. The maximum absolute atomic E-state index is 14.8. The van der Waals surface area contributed by atoms with Gasteiger partial charge in [-0.3, -0.25) is 19.6 Å². The summed E-state index contributed by atoms with van der Waals surface area (Å²) in [5.74, 6) is -14.7. The molecule has 20 heteroatoms. The van der Waals surface area contributed by atoms with Gasteiger partial charge in [-0.1, -0.05) is 24.3 Å². The van der Waals surface area contributed by atoms with Crippen molar-refractivity contribution in [1.82, 2.24) is 39.9 Å². The Morgan fingerprint density at radius 3 is 0.660 bits per heavy atom. The molecule has 2 aliphatic heterocycles. The second-order valence-electron chi connectivity index (χ2n) is 10.2.